The van der Waals surface area contributed by atoms with Crippen molar-refractivity contribution in [1.82, 2.24) is 4.90 Å². The molecule has 1 fully saturated rings. The Balaban J connectivity index is 1.44. The van der Waals surface area contributed by atoms with E-state index in [0.717, 1.165) is 37.3 Å². The predicted octanol–water partition coefficient (Wildman–Crippen LogP) is 4.67. The number of anilines is 1. The van der Waals surface area contributed by atoms with E-state index in [4.69, 9.17) is 0 Å². The third-order valence-corrected chi connectivity index (χ3v) is 5.56. The second-order valence-corrected chi connectivity index (χ2v) is 7.72. The molecule has 3 aromatic carbocycles. The topological polar surface area (TPSA) is 23.6 Å². The molecule has 1 heterocycles. The molecular weight excluding hydrogens is 368 g/mol. The summed E-state index contributed by atoms with van der Waals surface area (Å²) in [6, 6.07) is 23.9. The summed E-state index contributed by atoms with van der Waals surface area (Å²) in [7, 11) is 0. The number of benzene rings is 3. The van der Waals surface area contributed by atoms with Crippen LogP contribution in [0.1, 0.15) is 32.6 Å². The van der Waals surface area contributed by atoms with Crippen molar-refractivity contribution in [3.63, 3.8) is 0 Å². The van der Waals surface area contributed by atoms with Gasteiger partial charge in [-0.05, 0) is 55.3 Å². The van der Waals surface area contributed by atoms with Crippen molar-refractivity contribution >= 4 is 11.6 Å². The Hall–Kier alpha value is -3.51. The van der Waals surface area contributed by atoms with E-state index in [0.29, 0.717) is 5.56 Å². The molecule has 4 rings (SSSR count). The number of carbonyl (C=O) groups is 1. The maximum atomic E-state index is 13.1. The molecule has 1 amide bonds. The average Bonchev–Trinajstić information content (AvgIpc) is 2.78. The van der Waals surface area contributed by atoms with Crippen molar-refractivity contribution < 1.29 is 4.79 Å². The van der Waals surface area contributed by atoms with E-state index in [2.05, 4.69) is 48.8 Å². The van der Waals surface area contributed by atoms with E-state index >= 15 is 0 Å². The van der Waals surface area contributed by atoms with Crippen LogP contribution in [0.25, 0.3) is 0 Å². The molecule has 1 aliphatic rings. The molecule has 0 unspecified atom stereocenters. The van der Waals surface area contributed by atoms with Crippen LogP contribution in [0.2, 0.25) is 0 Å². The number of hydrogen-bond donors (Lipinski definition) is 0. The average molecular weight is 395 g/mol. The Morgan fingerprint density at radius 3 is 2.03 bits per heavy atom. The van der Waals surface area contributed by atoms with Gasteiger partial charge in [0.25, 0.3) is 5.91 Å². The predicted molar refractivity (Wildman–Crippen MR) is 123 cm³/mol. The third kappa shape index (κ3) is 4.39. The van der Waals surface area contributed by atoms with E-state index < -0.39 is 0 Å². The van der Waals surface area contributed by atoms with Crippen LogP contribution in [0.15, 0.2) is 72.8 Å². The zero-order valence-electron chi connectivity index (χ0n) is 17.6. The van der Waals surface area contributed by atoms with E-state index in [1.807, 2.05) is 59.5 Å². The van der Waals surface area contributed by atoms with Gasteiger partial charge >= 0.3 is 0 Å². The lowest BCUT2D eigenvalue weighted by molar-refractivity contribution is 0.0746. The summed E-state index contributed by atoms with van der Waals surface area (Å²) >= 11 is 0. The van der Waals surface area contributed by atoms with Gasteiger partial charge in [0.2, 0.25) is 0 Å². The Labute approximate surface area is 179 Å². The number of carbonyl (C=O) groups excluding carboxylic acids is 1. The standard InChI is InChI=1S/C27H26N2O/c1-21-8-6-9-22(2)26(21)28-16-18-29(19-17-28)27(30)25-13-7-12-24(20-25)15-14-23-10-4-3-5-11-23/h3-13,20H,16-19H2,1-2H3. The zero-order valence-corrected chi connectivity index (χ0v) is 17.6. The fourth-order valence-corrected chi connectivity index (χ4v) is 4.02. The highest BCUT2D eigenvalue weighted by atomic mass is 16.2. The van der Waals surface area contributed by atoms with Gasteiger partial charge in [0, 0.05) is 48.6 Å². The molecular formula is C27H26N2O. The van der Waals surface area contributed by atoms with E-state index in [1.165, 1.54) is 16.8 Å². The molecule has 0 bridgehead atoms. The van der Waals surface area contributed by atoms with E-state index in [-0.39, 0.29) is 5.91 Å². The molecule has 0 saturated carbocycles. The highest BCUT2D eigenvalue weighted by molar-refractivity contribution is 5.94. The minimum absolute atomic E-state index is 0.0829. The maximum Gasteiger partial charge on any atom is 0.254 e. The number of rotatable bonds is 2. The molecule has 0 spiro atoms. The van der Waals surface area contributed by atoms with Gasteiger partial charge in [-0.3, -0.25) is 4.79 Å². The van der Waals surface area contributed by atoms with Crippen molar-refractivity contribution in [2.24, 2.45) is 0 Å². The normalized spacial score (nSPS) is 13.5. The number of amides is 1. The van der Waals surface area contributed by atoms with Crippen LogP contribution in [0.5, 0.6) is 0 Å². The summed E-state index contributed by atoms with van der Waals surface area (Å²) in [5.41, 5.74) is 6.42. The van der Waals surface area contributed by atoms with Crippen LogP contribution in [0.3, 0.4) is 0 Å². The summed E-state index contributed by atoms with van der Waals surface area (Å²) in [4.78, 5) is 17.4. The first-order valence-corrected chi connectivity index (χ1v) is 10.4. The van der Waals surface area contributed by atoms with E-state index in [9.17, 15) is 4.79 Å². The van der Waals surface area contributed by atoms with Crippen molar-refractivity contribution in [2.45, 2.75) is 13.8 Å². The highest BCUT2D eigenvalue weighted by Crippen LogP contribution is 2.26. The maximum absolute atomic E-state index is 13.1. The summed E-state index contributed by atoms with van der Waals surface area (Å²) in [5, 5.41) is 0. The van der Waals surface area contributed by atoms with Gasteiger partial charge in [-0.1, -0.05) is 54.3 Å². The molecule has 0 aromatic heterocycles. The largest absolute Gasteiger partial charge is 0.368 e. The Morgan fingerprint density at radius 2 is 1.33 bits per heavy atom. The van der Waals surface area contributed by atoms with Crippen LogP contribution in [-0.4, -0.2) is 37.0 Å². The molecule has 1 saturated heterocycles. The molecule has 0 aliphatic carbocycles. The van der Waals surface area contributed by atoms with Gasteiger partial charge in [0.15, 0.2) is 0 Å². The monoisotopic (exact) mass is 394 g/mol. The summed E-state index contributed by atoms with van der Waals surface area (Å²) < 4.78 is 0. The molecule has 1 aliphatic heterocycles. The molecule has 3 heteroatoms. The molecule has 3 nitrogen and oxygen atoms in total. The Morgan fingerprint density at radius 1 is 0.733 bits per heavy atom. The highest BCUT2D eigenvalue weighted by Gasteiger charge is 2.23. The first-order chi connectivity index (χ1) is 14.6. The van der Waals surface area contributed by atoms with Crippen LogP contribution < -0.4 is 4.90 Å². The van der Waals surface area contributed by atoms with Crippen molar-refractivity contribution in [3.8, 4) is 11.8 Å². The minimum Gasteiger partial charge on any atom is -0.368 e. The summed E-state index contributed by atoms with van der Waals surface area (Å²) in [6.07, 6.45) is 0. The van der Waals surface area contributed by atoms with Crippen molar-refractivity contribution in [2.75, 3.05) is 31.1 Å². The van der Waals surface area contributed by atoms with E-state index in [1.54, 1.807) is 0 Å². The van der Waals surface area contributed by atoms with Crippen LogP contribution >= 0.6 is 0 Å². The minimum atomic E-state index is 0.0829. The van der Waals surface area contributed by atoms with Crippen LogP contribution in [-0.2, 0) is 0 Å². The molecule has 0 radical (unpaired) electrons. The lowest BCUT2D eigenvalue weighted by Gasteiger charge is -2.37. The number of hydrogen-bond acceptors (Lipinski definition) is 2. The number of aryl methyl sites for hydroxylation is 2. The number of piperazine rings is 1. The summed E-state index contributed by atoms with van der Waals surface area (Å²) in [5.74, 6) is 6.41. The van der Waals surface area contributed by atoms with Gasteiger partial charge in [0.05, 0.1) is 0 Å². The SMILES string of the molecule is Cc1cccc(C)c1N1CCN(C(=O)c2cccc(C#Cc3ccccc3)c2)CC1. The number of nitrogens with zero attached hydrogens (tertiary/aromatic N) is 2. The number of para-hydroxylation sites is 1. The second kappa shape index (κ2) is 8.88. The quantitative estimate of drug-likeness (QED) is 0.590. The smallest absolute Gasteiger partial charge is 0.254 e. The third-order valence-electron chi connectivity index (χ3n) is 5.56. The zero-order chi connectivity index (χ0) is 20.9. The molecule has 3 aromatic rings. The lowest BCUT2D eigenvalue weighted by Crippen LogP contribution is -2.49. The fraction of sp³-hybridized carbons (Fsp3) is 0.222. The molecule has 150 valence electrons. The first kappa shape index (κ1) is 19.8. The second-order valence-electron chi connectivity index (χ2n) is 7.72. The Bertz CT molecular complexity index is 1080. The van der Waals surface area contributed by atoms with Gasteiger partial charge in [-0.2, -0.15) is 0 Å². The summed E-state index contributed by atoms with van der Waals surface area (Å²) in [6.45, 7) is 7.47. The fourth-order valence-electron chi connectivity index (χ4n) is 4.02. The van der Waals surface area contributed by atoms with Crippen molar-refractivity contribution in [3.05, 3.63) is 101 Å². The molecule has 0 N–H and O–H groups in total. The lowest BCUT2D eigenvalue weighted by atomic mass is 10.1. The van der Waals surface area contributed by atoms with Gasteiger partial charge in [0.1, 0.15) is 0 Å². The van der Waals surface area contributed by atoms with Crippen LogP contribution in [0.4, 0.5) is 5.69 Å². The van der Waals surface area contributed by atoms with Gasteiger partial charge in [-0.25, -0.2) is 0 Å². The first-order valence-electron chi connectivity index (χ1n) is 10.4. The Kier molecular flexibility index (Phi) is 5.86. The molecule has 30 heavy (non-hydrogen) atoms. The van der Waals surface area contributed by atoms with Gasteiger partial charge in [-0.15, -0.1) is 0 Å². The van der Waals surface area contributed by atoms with Gasteiger partial charge < -0.3 is 9.80 Å². The van der Waals surface area contributed by atoms with Crippen molar-refractivity contribution in [1.29, 1.82) is 0 Å². The molecule has 0 atom stereocenters. The van der Waals surface area contributed by atoms with Crippen LogP contribution in [0, 0.1) is 25.7 Å².